The third-order valence-corrected chi connectivity index (χ3v) is 6.70. The molecule has 1 saturated heterocycles. The van der Waals surface area contributed by atoms with Crippen LogP contribution in [0.15, 0.2) is 54.6 Å². The number of ether oxygens (including phenoxy) is 2. The zero-order chi connectivity index (χ0) is 20.9. The third kappa shape index (κ3) is 5.60. The molecule has 1 amide bonds. The van der Waals surface area contributed by atoms with E-state index in [1.165, 1.54) is 6.08 Å². The van der Waals surface area contributed by atoms with Crippen LogP contribution >= 0.6 is 0 Å². The fourth-order valence-corrected chi connectivity index (χ4v) is 5.08. The first-order valence-corrected chi connectivity index (χ1v) is 11.2. The van der Waals surface area contributed by atoms with Crippen molar-refractivity contribution in [1.82, 2.24) is 4.90 Å². The summed E-state index contributed by atoms with van der Waals surface area (Å²) in [6, 6.07) is 14.5. The number of hydrogen-bond acceptors (Lipinski definition) is 5. The Balaban J connectivity index is 1.81. The summed E-state index contributed by atoms with van der Waals surface area (Å²) in [6.45, 7) is 0.323. The van der Waals surface area contributed by atoms with E-state index in [0.29, 0.717) is 18.7 Å². The highest BCUT2D eigenvalue weighted by molar-refractivity contribution is 7.91. The smallest absolute Gasteiger partial charge is 0.247 e. The van der Waals surface area contributed by atoms with Crippen molar-refractivity contribution in [2.45, 2.75) is 19.0 Å². The third-order valence-electron chi connectivity index (χ3n) is 4.95. The lowest BCUT2D eigenvalue weighted by Gasteiger charge is -2.27. The average molecular weight is 416 g/mol. The molecule has 1 heterocycles. The second-order valence-electron chi connectivity index (χ2n) is 6.98. The fraction of sp³-hybridized carbons (Fsp3) is 0.318. The lowest BCUT2D eigenvalue weighted by molar-refractivity contribution is -0.128. The Morgan fingerprint density at radius 1 is 1.10 bits per heavy atom. The highest BCUT2D eigenvalue weighted by atomic mass is 32.2. The van der Waals surface area contributed by atoms with E-state index in [-0.39, 0.29) is 23.5 Å². The minimum Gasteiger partial charge on any atom is -0.497 e. The van der Waals surface area contributed by atoms with Crippen LogP contribution in [0.3, 0.4) is 0 Å². The number of carbonyl (C=O) groups is 1. The molecule has 1 fully saturated rings. The van der Waals surface area contributed by atoms with Gasteiger partial charge in [0.15, 0.2) is 9.84 Å². The summed E-state index contributed by atoms with van der Waals surface area (Å²) in [5.41, 5.74) is 1.75. The lowest BCUT2D eigenvalue weighted by Crippen LogP contribution is -2.39. The molecule has 1 atom stereocenters. The number of sulfone groups is 1. The van der Waals surface area contributed by atoms with Crippen LogP contribution in [0.1, 0.15) is 17.5 Å². The predicted octanol–water partition coefficient (Wildman–Crippen LogP) is 2.93. The number of amides is 1. The molecule has 7 heteroatoms. The van der Waals surface area contributed by atoms with Crippen molar-refractivity contribution in [3.63, 3.8) is 0 Å². The van der Waals surface area contributed by atoms with Crippen molar-refractivity contribution in [1.29, 1.82) is 0 Å². The van der Waals surface area contributed by atoms with Gasteiger partial charge in [0, 0.05) is 18.7 Å². The van der Waals surface area contributed by atoms with Crippen LogP contribution in [-0.2, 0) is 21.2 Å². The van der Waals surface area contributed by atoms with Crippen LogP contribution in [0, 0.1) is 0 Å². The Morgan fingerprint density at radius 3 is 2.45 bits per heavy atom. The van der Waals surface area contributed by atoms with Gasteiger partial charge in [0.05, 0.1) is 25.7 Å². The van der Waals surface area contributed by atoms with E-state index in [1.54, 1.807) is 25.2 Å². The molecule has 0 N–H and O–H groups in total. The monoisotopic (exact) mass is 415 g/mol. The number of carbonyl (C=O) groups excluding carboxylic acids is 1. The summed E-state index contributed by atoms with van der Waals surface area (Å²) < 4.78 is 34.3. The summed E-state index contributed by atoms with van der Waals surface area (Å²) in [5.74, 6) is 1.33. The predicted molar refractivity (Wildman–Crippen MR) is 113 cm³/mol. The van der Waals surface area contributed by atoms with E-state index < -0.39 is 9.84 Å². The van der Waals surface area contributed by atoms with E-state index in [9.17, 15) is 13.2 Å². The summed E-state index contributed by atoms with van der Waals surface area (Å²) in [6.07, 6.45) is 3.67. The number of methoxy groups -OCH3 is 2. The molecular formula is C22H25NO5S. The average Bonchev–Trinajstić information content (AvgIpc) is 3.10. The van der Waals surface area contributed by atoms with Gasteiger partial charge in [-0.25, -0.2) is 8.42 Å². The second-order valence-corrected chi connectivity index (χ2v) is 9.21. The molecular weight excluding hydrogens is 390 g/mol. The molecule has 2 aromatic carbocycles. The van der Waals surface area contributed by atoms with Gasteiger partial charge in [-0.3, -0.25) is 4.79 Å². The summed E-state index contributed by atoms with van der Waals surface area (Å²) in [7, 11) is 0.0737. The van der Waals surface area contributed by atoms with Gasteiger partial charge in [0.25, 0.3) is 0 Å². The standard InChI is InChI=1S/C22H25NO5S/c1-27-20-9-6-17(7-10-20)8-11-22(24)23(19-12-13-29(25,26)16-19)15-18-4-3-5-21(14-18)28-2/h3-11,14,19H,12-13,15-16H2,1-2H3/b11-8+. The molecule has 0 spiro atoms. The van der Waals surface area contributed by atoms with Crippen LogP contribution in [0.5, 0.6) is 11.5 Å². The number of benzene rings is 2. The van der Waals surface area contributed by atoms with Crippen LogP contribution in [-0.4, -0.2) is 51.0 Å². The Hall–Kier alpha value is -2.80. The van der Waals surface area contributed by atoms with Crippen LogP contribution in [0.25, 0.3) is 6.08 Å². The first-order chi connectivity index (χ1) is 13.9. The molecule has 3 rings (SSSR count). The molecule has 0 aromatic heterocycles. The van der Waals surface area contributed by atoms with E-state index in [1.807, 2.05) is 48.5 Å². The number of nitrogens with zero attached hydrogens (tertiary/aromatic N) is 1. The van der Waals surface area contributed by atoms with Gasteiger partial charge in [-0.2, -0.15) is 0 Å². The molecule has 2 aromatic rings. The largest absolute Gasteiger partial charge is 0.497 e. The number of rotatable bonds is 7. The summed E-state index contributed by atoms with van der Waals surface area (Å²) in [5, 5.41) is 0. The molecule has 1 aliphatic heterocycles. The van der Waals surface area contributed by atoms with E-state index in [2.05, 4.69) is 0 Å². The zero-order valence-electron chi connectivity index (χ0n) is 16.6. The highest BCUT2D eigenvalue weighted by Gasteiger charge is 2.34. The van der Waals surface area contributed by atoms with Crippen LogP contribution in [0.2, 0.25) is 0 Å². The molecule has 1 aliphatic rings. The SMILES string of the molecule is COc1ccc(/C=C/C(=O)N(Cc2cccc(OC)c2)C2CCS(=O)(=O)C2)cc1. The molecule has 29 heavy (non-hydrogen) atoms. The Labute approximate surface area is 171 Å². The van der Waals surface area contributed by atoms with Gasteiger partial charge in [-0.15, -0.1) is 0 Å². The zero-order valence-corrected chi connectivity index (χ0v) is 17.4. The van der Waals surface area contributed by atoms with Crippen LogP contribution in [0.4, 0.5) is 0 Å². The van der Waals surface area contributed by atoms with Crippen LogP contribution < -0.4 is 9.47 Å². The van der Waals surface area contributed by atoms with Gasteiger partial charge in [0.2, 0.25) is 5.91 Å². The summed E-state index contributed by atoms with van der Waals surface area (Å²) in [4.78, 5) is 14.6. The van der Waals surface area contributed by atoms with Gasteiger partial charge in [0.1, 0.15) is 11.5 Å². The fourth-order valence-electron chi connectivity index (χ4n) is 3.35. The molecule has 154 valence electrons. The normalized spacial score (nSPS) is 17.9. The molecule has 0 aliphatic carbocycles. The lowest BCUT2D eigenvalue weighted by atomic mass is 10.1. The van der Waals surface area contributed by atoms with Crippen molar-refractivity contribution >= 4 is 21.8 Å². The maximum Gasteiger partial charge on any atom is 0.247 e. The van der Waals surface area contributed by atoms with Crippen molar-refractivity contribution < 1.29 is 22.7 Å². The summed E-state index contributed by atoms with van der Waals surface area (Å²) >= 11 is 0. The second kappa shape index (κ2) is 9.13. The Kier molecular flexibility index (Phi) is 6.59. The Bertz CT molecular complexity index is 983. The molecule has 0 bridgehead atoms. The Morgan fingerprint density at radius 2 is 1.83 bits per heavy atom. The molecule has 6 nitrogen and oxygen atoms in total. The van der Waals surface area contributed by atoms with Gasteiger partial charge >= 0.3 is 0 Å². The minimum atomic E-state index is -3.11. The minimum absolute atomic E-state index is 0.000908. The first kappa shape index (κ1) is 20.9. The topological polar surface area (TPSA) is 72.9 Å². The van der Waals surface area contributed by atoms with E-state index in [0.717, 1.165) is 16.9 Å². The quantitative estimate of drug-likeness (QED) is 0.650. The molecule has 0 radical (unpaired) electrons. The maximum absolute atomic E-state index is 13.0. The number of hydrogen-bond donors (Lipinski definition) is 0. The van der Waals surface area contributed by atoms with Gasteiger partial charge in [-0.05, 0) is 47.9 Å². The molecule has 1 unspecified atom stereocenters. The van der Waals surface area contributed by atoms with Crippen molar-refractivity contribution in [3.05, 3.63) is 65.7 Å². The first-order valence-electron chi connectivity index (χ1n) is 9.36. The van der Waals surface area contributed by atoms with Crippen molar-refractivity contribution in [3.8, 4) is 11.5 Å². The highest BCUT2D eigenvalue weighted by Crippen LogP contribution is 2.22. The van der Waals surface area contributed by atoms with E-state index in [4.69, 9.17) is 9.47 Å². The van der Waals surface area contributed by atoms with E-state index >= 15 is 0 Å². The maximum atomic E-state index is 13.0. The van der Waals surface area contributed by atoms with Gasteiger partial charge < -0.3 is 14.4 Å². The van der Waals surface area contributed by atoms with Gasteiger partial charge in [-0.1, -0.05) is 24.3 Å². The van der Waals surface area contributed by atoms with Crippen molar-refractivity contribution in [2.75, 3.05) is 25.7 Å². The van der Waals surface area contributed by atoms with Crippen molar-refractivity contribution in [2.24, 2.45) is 0 Å². The molecule has 0 saturated carbocycles.